The van der Waals surface area contributed by atoms with E-state index in [0.29, 0.717) is 26.3 Å². The van der Waals surface area contributed by atoms with Gasteiger partial charge in [-0.15, -0.1) is 0 Å². The van der Waals surface area contributed by atoms with Crippen LogP contribution in [0.1, 0.15) is 18.1 Å². The van der Waals surface area contributed by atoms with Gasteiger partial charge in [0.2, 0.25) is 5.91 Å². The monoisotopic (exact) mass is 443 g/mol. The molecule has 2 aromatic rings. The first-order valence-corrected chi connectivity index (χ1v) is 11.1. The van der Waals surface area contributed by atoms with Crippen molar-refractivity contribution >= 4 is 11.6 Å². The Balaban J connectivity index is 0.00000385. The Hall–Kier alpha value is -2.45. The van der Waals surface area contributed by atoms with E-state index in [9.17, 15) is 9.90 Å². The molecule has 1 saturated heterocycles. The predicted octanol–water partition coefficient (Wildman–Crippen LogP) is 2.69. The number of para-hydroxylation sites is 1. The first kappa shape index (κ1) is 24.2. The van der Waals surface area contributed by atoms with Gasteiger partial charge in [0.05, 0.1) is 33.0 Å². The smallest absolute Gasteiger partial charge is 0.238 e. The van der Waals surface area contributed by atoms with Gasteiger partial charge in [0.25, 0.3) is 0 Å². The SMILES string of the molecule is COc1ccc(COCC(O)CN2CCN(CC(=O)Nc3c(C)cccc3C)CC2)cc1.[HH]. The summed E-state index contributed by atoms with van der Waals surface area (Å²) in [6.45, 7) is 8.99. The maximum atomic E-state index is 12.5. The molecule has 0 bridgehead atoms. The van der Waals surface area contributed by atoms with Crippen LogP contribution in [-0.2, 0) is 16.1 Å². The number of amides is 1. The van der Waals surface area contributed by atoms with Crippen molar-refractivity contribution in [2.45, 2.75) is 26.6 Å². The summed E-state index contributed by atoms with van der Waals surface area (Å²) in [6.07, 6.45) is -0.535. The molecule has 0 radical (unpaired) electrons. The Morgan fingerprint density at radius 3 is 2.31 bits per heavy atom. The van der Waals surface area contributed by atoms with Crippen LogP contribution in [0.3, 0.4) is 0 Å². The third-order valence-electron chi connectivity index (χ3n) is 5.78. The van der Waals surface area contributed by atoms with E-state index in [1.54, 1.807) is 7.11 Å². The van der Waals surface area contributed by atoms with E-state index in [1.165, 1.54) is 0 Å². The number of rotatable bonds is 10. The van der Waals surface area contributed by atoms with Gasteiger partial charge < -0.3 is 19.9 Å². The second kappa shape index (κ2) is 12.0. The van der Waals surface area contributed by atoms with Crippen molar-refractivity contribution in [2.24, 2.45) is 0 Å². The van der Waals surface area contributed by atoms with Crippen LogP contribution in [0.4, 0.5) is 5.69 Å². The Morgan fingerprint density at radius 1 is 1.06 bits per heavy atom. The summed E-state index contributed by atoms with van der Waals surface area (Å²) in [4.78, 5) is 16.9. The number of nitrogens with one attached hydrogen (secondary N) is 1. The quantitative estimate of drug-likeness (QED) is 0.588. The highest BCUT2D eigenvalue weighted by atomic mass is 16.5. The standard InChI is InChI=1S/C25H35N3O4.H2/c1-19-5-4-6-20(2)25(19)26-24(30)16-28-13-11-27(12-14-28)15-22(29)18-32-17-21-7-9-23(31-3)10-8-21;/h4-10,22,29H,11-18H2,1-3H3,(H,26,30);1H. The molecule has 1 fully saturated rings. The minimum atomic E-state index is -0.535. The number of carbonyl (C=O) groups is 1. The molecule has 32 heavy (non-hydrogen) atoms. The van der Waals surface area contributed by atoms with Gasteiger partial charge in [0.15, 0.2) is 0 Å². The van der Waals surface area contributed by atoms with Crippen LogP contribution < -0.4 is 10.1 Å². The van der Waals surface area contributed by atoms with Gasteiger partial charge in [-0.3, -0.25) is 14.6 Å². The molecule has 1 unspecified atom stereocenters. The molecule has 0 aromatic heterocycles. The zero-order valence-electron chi connectivity index (χ0n) is 19.3. The molecule has 1 aliphatic heterocycles. The van der Waals surface area contributed by atoms with E-state index in [2.05, 4.69) is 15.1 Å². The lowest BCUT2D eigenvalue weighted by atomic mass is 10.1. The number of methoxy groups -OCH3 is 1. The van der Waals surface area contributed by atoms with Crippen LogP contribution in [0.25, 0.3) is 0 Å². The zero-order chi connectivity index (χ0) is 22.9. The average molecular weight is 444 g/mol. The van der Waals surface area contributed by atoms with E-state index in [4.69, 9.17) is 9.47 Å². The number of hydrogen-bond acceptors (Lipinski definition) is 6. The van der Waals surface area contributed by atoms with Gasteiger partial charge in [-0.2, -0.15) is 0 Å². The third kappa shape index (κ3) is 7.31. The summed E-state index contributed by atoms with van der Waals surface area (Å²) in [5.74, 6) is 0.832. The Labute approximate surface area is 192 Å². The topological polar surface area (TPSA) is 74.3 Å². The molecular weight excluding hydrogens is 406 g/mol. The summed E-state index contributed by atoms with van der Waals surface area (Å²) in [6, 6.07) is 13.7. The number of aliphatic hydroxyl groups excluding tert-OH is 1. The number of benzene rings is 2. The van der Waals surface area contributed by atoms with Crippen LogP contribution in [0.15, 0.2) is 42.5 Å². The molecule has 2 aromatic carbocycles. The van der Waals surface area contributed by atoms with E-state index in [-0.39, 0.29) is 7.33 Å². The number of piperazine rings is 1. The van der Waals surface area contributed by atoms with E-state index in [0.717, 1.165) is 54.3 Å². The second-order valence-corrected chi connectivity index (χ2v) is 8.41. The largest absolute Gasteiger partial charge is 0.497 e. The summed E-state index contributed by atoms with van der Waals surface area (Å²) in [7, 11) is 1.64. The number of ether oxygens (including phenoxy) is 2. The Kier molecular flexibility index (Phi) is 9.05. The highest BCUT2D eigenvalue weighted by molar-refractivity contribution is 5.93. The molecule has 1 atom stereocenters. The maximum absolute atomic E-state index is 12.5. The lowest BCUT2D eigenvalue weighted by Crippen LogP contribution is -2.50. The average Bonchev–Trinajstić information content (AvgIpc) is 2.78. The number of anilines is 1. The van der Waals surface area contributed by atoms with Crippen LogP contribution in [-0.4, -0.2) is 79.9 Å². The molecular formula is C25H37N3O4. The summed E-state index contributed by atoms with van der Waals surface area (Å²) < 4.78 is 10.8. The van der Waals surface area contributed by atoms with Crippen molar-refractivity contribution in [3.05, 3.63) is 59.2 Å². The molecule has 0 saturated carbocycles. The Bertz CT molecular complexity index is 850. The molecule has 2 N–H and O–H groups in total. The lowest BCUT2D eigenvalue weighted by molar-refractivity contribution is -0.117. The van der Waals surface area contributed by atoms with Gasteiger partial charge in [-0.1, -0.05) is 30.3 Å². The summed E-state index contributed by atoms with van der Waals surface area (Å²) in [5.41, 5.74) is 4.11. The highest BCUT2D eigenvalue weighted by Gasteiger charge is 2.21. The fraction of sp³-hybridized carbons (Fsp3) is 0.480. The number of carbonyl (C=O) groups excluding carboxylic acids is 1. The third-order valence-corrected chi connectivity index (χ3v) is 5.78. The van der Waals surface area contributed by atoms with Crippen LogP contribution in [0.2, 0.25) is 0 Å². The van der Waals surface area contributed by atoms with Crippen molar-refractivity contribution in [3.63, 3.8) is 0 Å². The summed E-state index contributed by atoms with van der Waals surface area (Å²) in [5, 5.41) is 13.4. The molecule has 176 valence electrons. The van der Waals surface area contributed by atoms with Crippen molar-refractivity contribution in [2.75, 3.05) is 58.3 Å². The van der Waals surface area contributed by atoms with Gasteiger partial charge in [-0.25, -0.2) is 0 Å². The number of hydrogen-bond donors (Lipinski definition) is 2. The van der Waals surface area contributed by atoms with Crippen molar-refractivity contribution in [1.82, 2.24) is 9.80 Å². The molecule has 1 amide bonds. The van der Waals surface area contributed by atoms with Crippen LogP contribution >= 0.6 is 0 Å². The first-order valence-electron chi connectivity index (χ1n) is 11.1. The van der Waals surface area contributed by atoms with E-state index < -0.39 is 6.10 Å². The first-order chi connectivity index (χ1) is 15.4. The van der Waals surface area contributed by atoms with Gasteiger partial charge >= 0.3 is 0 Å². The fourth-order valence-electron chi connectivity index (χ4n) is 3.91. The predicted molar refractivity (Wildman–Crippen MR) is 128 cm³/mol. The van der Waals surface area contributed by atoms with Gasteiger partial charge in [-0.05, 0) is 42.7 Å². The van der Waals surface area contributed by atoms with Gasteiger partial charge in [0, 0.05) is 39.8 Å². The normalized spacial score (nSPS) is 16.0. The molecule has 1 heterocycles. The fourth-order valence-corrected chi connectivity index (χ4v) is 3.91. The van der Waals surface area contributed by atoms with E-state index in [1.807, 2.05) is 56.3 Å². The van der Waals surface area contributed by atoms with Crippen LogP contribution in [0.5, 0.6) is 5.75 Å². The molecule has 7 heteroatoms. The minimum absolute atomic E-state index is 0. The molecule has 7 nitrogen and oxygen atoms in total. The lowest BCUT2D eigenvalue weighted by Gasteiger charge is -2.35. The van der Waals surface area contributed by atoms with Crippen molar-refractivity contribution in [3.8, 4) is 5.75 Å². The number of nitrogens with zero attached hydrogens (tertiary/aromatic N) is 2. The van der Waals surface area contributed by atoms with Crippen LogP contribution in [0, 0.1) is 13.8 Å². The second-order valence-electron chi connectivity index (χ2n) is 8.41. The van der Waals surface area contributed by atoms with Crippen molar-refractivity contribution < 1.29 is 20.8 Å². The highest BCUT2D eigenvalue weighted by Crippen LogP contribution is 2.19. The number of aliphatic hydroxyl groups is 1. The Morgan fingerprint density at radius 2 is 1.69 bits per heavy atom. The van der Waals surface area contributed by atoms with Crippen molar-refractivity contribution in [1.29, 1.82) is 0 Å². The number of β-amino-alcohol motifs (C(OH)–C–C–N with tert-alkyl or cyclic N) is 1. The molecule has 0 aliphatic carbocycles. The molecule has 3 rings (SSSR count). The number of aryl methyl sites for hydroxylation is 2. The molecule has 1 aliphatic rings. The summed E-state index contributed by atoms with van der Waals surface area (Å²) >= 11 is 0. The zero-order valence-corrected chi connectivity index (χ0v) is 19.3. The molecule has 0 spiro atoms. The van der Waals surface area contributed by atoms with Gasteiger partial charge in [0.1, 0.15) is 5.75 Å². The maximum Gasteiger partial charge on any atom is 0.238 e. The van der Waals surface area contributed by atoms with E-state index >= 15 is 0 Å². The minimum Gasteiger partial charge on any atom is -0.497 e.